The van der Waals surface area contributed by atoms with Crippen LogP contribution < -0.4 is 9.62 Å². The van der Waals surface area contributed by atoms with E-state index in [0.29, 0.717) is 51.0 Å². The number of esters is 1. The van der Waals surface area contributed by atoms with Gasteiger partial charge in [-0.2, -0.15) is 0 Å². The van der Waals surface area contributed by atoms with Gasteiger partial charge in [0.25, 0.3) is 5.91 Å². The lowest BCUT2D eigenvalue weighted by molar-refractivity contribution is -0.164. The number of methoxy groups -OCH3 is 1. The van der Waals surface area contributed by atoms with Gasteiger partial charge in [0.15, 0.2) is 6.10 Å². The monoisotopic (exact) mass is 599 g/mol. The highest BCUT2D eigenvalue weighted by atomic mass is 79.9. The van der Waals surface area contributed by atoms with Crippen molar-refractivity contribution < 1.29 is 27.5 Å². The Morgan fingerprint density at radius 2 is 1.78 bits per heavy atom. The average molecular weight is 601 g/mol. The van der Waals surface area contributed by atoms with Gasteiger partial charge in [0.1, 0.15) is 5.69 Å². The number of nitrogens with zero attached hydrogens (tertiary/aromatic N) is 2. The Labute approximate surface area is 228 Å². The quantitative estimate of drug-likeness (QED) is 0.463. The molecule has 206 valence electrons. The van der Waals surface area contributed by atoms with Crippen molar-refractivity contribution in [3.63, 3.8) is 0 Å². The fraction of sp³-hybridized carbons (Fsp3) is 0.615. The van der Waals surface area contributed by atoms with E-state index < -0.39 is 27.7 Å². The van der Waals surface area contributed by atoms with E-state index in [-0.39, 0.29) is 17.9 Å². The van der Waals surface area contributed by atoms with Gasteiger partial charge >= 0.3 is 5.97 Å². The minimum Gasteiger partial charge on any atom is -0.467 e. The molecule has 0 saturated heterocycles. The Morgan fingerprint density at radius 3 is 2.30 bits per heavy atom. The highest BCUT2D eigenvalue weighted by molar-refractivity contribution is 9.10. The highest BCUT2D eigenvalue weighted by Gasteiger charge is 2.38. The van der Waals surface area contributed by atoms with Gasteiger partial charge < -0.3 is 19.4 Å². The maximum atomic E-state index is 13.3. The predicted molar refractivity (Wildman–Crippen MR) is 149 cm³/mol. The van der Waals surface area contributed by atoms with Crippen LogP contribution in [0, 0.1) is 12.3 Å². The van der Waals surface area contributed by atoms with Crippen molar-refractivity contribution in [1.82, 2.24) is 9.88 Å². The molecule has 1 atom stereocenters. The molecule has 1 aromatic carbocycles. The zero-order valence-electron chi connectivity index (χ0n) is 23.1. The molecule has 0 fully saturated rings. The molecule has 0 spiro atoms. The Kier molecular flexibility index (Phi) is 8.13. The van der Waals surface area contributed by atoms with E-state index in [4.69, 9.17) is 9.47 Å². The number of amides is 1. The van der Waals surface area contributed by atoms with Crippen LogP contribution in [0.2, 0.25) is 0 Å². The highest BCUT2D eigenvalue weighted by Crippen LogP contribution is 2.47. The van der Waals surface area contributed by atoms with Gasteiger partial charge in [-0.3, -0.25) is 9.10 Å². The number of hydrogen-bond acceptors (Lipinski definition) is 6. The summed E-state index contributed by atoms with van der Waals surface area (Å²) in [6.45, 7) is 14.6. The number of rotatable bonds is 7. The molecule has 1 aliphatic heterocycles. The summed E-state index contributed by atoms with van der Waals surface area (Å²) in [6, 6.07) is 1.75. The van der Waals surface area contributed by atoms with Crippen LogP contribution in [0.4, 0.5) is 5.69 Å². The van der Waals surface area contributed by atoms with E-state index >= 15 is 0 Å². The zero-order chi connectivity index (χ0) is 28.1. The summed E-state index contributed by atoms with van der Waals surface area (Å²) in [5.74, 6) is -0.840. The third kappa shape index (κ3) is 6.15. The molecule has 11 heteroatoms. The molecule has 3 rings (SSSR count). The van der Waals surface area contributed by atoms with Crippen LogP contribution in [-0.2, 0) is 30.8 Å². The molecular formula is C26H38BrN3O6S. The van der Waals surface area contributed by atoms with Crippen LogP contribution in [0.1, 0.15) is 75.7 Å². The van der Waals surface area contributed by atoms with Crippen LogP contribution in [0.25, 0.3) is 10.9 Å². The number of carbonyl (C=O) groups is 2. The largest absolute Gasteiger partial charge is 0.467 e. The predicted octanol–water partition coefficient (Wildman–Crippen LogP) is 4.69. The smallest absolute Gasteiger partial charge is 0.339 e. The number of nitrogens with one attached hydrogen (secondary N) is 1. The minimum absolute atomic E-state index is 0.0690. The average Bonchev–Trinajstić information content (AvgIpc) is 3.14. The molecule has 0 unspecified atom stereocenters. The number of halogens is 1. The molecule has 2 heterocycles. The van der Waals surface area contributed by atoms with Crippen molar-refractivity contribution in [2.24, 2.45) is 5.41 Å². The molecule has 1 N–H and O–H groups in total. The number of carbonyl (C=O) groups excluding carboxylic acids is 2. The number of anilines is 1. The lowest BCUT2D eigenvalue weighted by atomic mass is 9.92. The van der Waals surface area contributed by atoms with Crippen LogP contribution in [0.15, 0.2) is 10.5 Å². The molecule has 1 amide bonds. The van der Waals surface area contributed by atoms with Crippen LogP contribution in [-0.4, -0.2) is 56.9 Å². The van der Waals surface area contributed by atoms with Crippen LogP contribution in [0.3, 0.4) is 0 Å². The summed E-state index contributed by atoms with van der Waals surface area (Å²) in [5, 5.41) is 3.62. The van der Waals surface area contributed by atoms with Gasteiger partial charge in [0, 0.05) is 28.5 Å². The topological polar surface area (TPSA) is 107 Å². The van der Waals surface area contributed by atoms with Crippen molar-refractivity contribution >= 4 is 54.4 Å². The number of hydrogen-bond donors (Lipinski definition) is 1. The molecule has 1 aliphatic rings. The van der Waals surface area contributed by atoms with E-state index in [0.717, 1.165) is 12.7 Å². The van der Waals surface area contributed by atoms with Crippen LogP contribution in [0.5, 0.6) is 0 Å². The van der Waals surface area contributed by atoms with Crippen molar-refractivity contribution in [2.45, 2.75) is 73.1 Å². The minimum atomic E-state index is -3.65. The maximum Gasteiger partial charge on any atom is 0.339 e. The van der Waals surface area contributed by atoms with Crippen molar-refractivity contribution in [2.75, 3.05) is 30.8 Å². The molecule has 0 aliphatic carbocycles. The summed E-state index contributed by atoms with van der Waals surface area (Å²) in [5.41, 5.74) is 1.88. The second-order valence-electron chi connectivity index (χ2n) is 11.7. The van der Waals surface area contributed by atoms with E-state index in [1.807, 2.05) is 25.3 Å². The summed E-state index contributed by atoms with van der Waals surface area (Å²) in [6.07, 6.45) is 0.849. The molecule has 9 nitrogen and oxygen atoms in total. The molecular weight excluding hydrogens is 562 g/mol. The normalized spacial score (nSPS) is 15.1. The van der Waals surface area contributed by atoms with E-state index in [9.17, 15) is 18.0 Å². The Morgan fingerprint density at radius 1 is 1.16 bits per heavy atom. The molecule has 37 heavy (non-hydrogen) atoms. The number of ether oxygens (including phenoxy) is 2. The van der Waals surface area contributed by atoms with Gasteiger partial charge in [-0.15, -0.1) is 0 Å². The van der Waals surface area contributed by atoms with Crippen molar-refractivity contribution in [3.05, 3.63) is 27.4 Å². The number of sulfonamides is 1. The van der Waals surface area contributed by atoms with E-state index in [1.54, 1.807) is 13.0 Å². The summed E-state index contributed by atoms with van der Waals surface area (Å²) < 4.78 is 40.7. The van der Waals surface area contributed by atoms with Gasteiger partial charge in [-0.05, 0) is 67.1 Å². The molecule has 2 aromatic rings. The second-order valence-corrected chi connectivity index (χ2v) is 14.4. The van der Waals surface area contributed by atoms with Gasteiger partial charge in [-0.25, -0.2) is 13.2 Å². The van der Waals surface area contributed by atoms with Gasteiger partial charge in [0.2, 0.25) is 10.0 Å². The number of aromatic nitrogens is 1. The third-order valence-electron chi connectivity index (χ3n) is 6.27. The van der Waals surface area contributed by atoms with Gasteiger partial charge in [-0.1, -0.05) is 20.8 Å². The fourth-order valence-electron chi connectivity index (χ4n) is 4.59. The summed E-state index contributed by atoms with van der Waals surface area (Å²) in [7, 11) is -2.36. The standard InChI is InChI=1S/C26H38BrN3O6S/c1-15-18(22(24(32)35-8)36-26(5,6)7)19(27)16-14-17(23(31)28-11-10-25(2,3)4)29-12-13-30(37(9,33)34)20(15)21(16)29/h14,22H,10-13H2,1-9H3,(H,28,31)/t22-/m0/s1. The Balaban J connectivity index is 2.30. The van der Waals surface area contributed by atoms with E-state index in [2.05, 4.69) is 42.0 Å². The van der Waals surface area contributed by atoms with Crippen molar-refractivity contribution in [3.8, 4) is 0 Å². The first kappa shape index (κ1) is 29.4. The lowest BCUT2D eigenvalue weighted by Gasteiger charge is -2.34. The summed E-state index contributed by atoms with van der Waals surface area (Å²) >= 11 is 3.67. The summed E-state index contributed by atoms with van der Waals surface area (Å²) in [4.78, 5) is 26.2. The first-order valence-electron chi connectivity index (χ1n) is 12.2. The second kappa shape index (κ2) is 10.2. The Hall–Kier alpha value is -2.11. The Bertz CT molecular complexity index is 1340. The zero-order valence-corrected chi connectivity index (χ0v) is 25.5. The maximum absolute atomic E-state index is 13.3. The number of benzene rings is 1. The SMILES string of the molecule is COC(=O)[C@@H](OC(C)(C)C)c1c(C)c2c3c(cc(C(=O)NCCC(C)(C)C)n3CCN2S(C)(=O)=O)c1Br. The fourth-order valence-corrected chi connectivity index (χ4v) is 6.36. The first-order chi connectivity index (χ1) is 16.9. The lowest BCUT2D eigenvalue weighted by Crippen LogP contribution is -2.38. The molecule has 1 aromatic heterocycles. The molecule has 0 radical (unpaired) electrons. The van der Waals surface area contributed by atoms with E-state index in [1.165, 1.54) is 11.4 Å². The first-order valence-corrected chi connectivity index (χ1v) is 14.9. The van der Waals surface area contributed by atoms with Crippen molar-refractivity contribution in [1.29, 1.82) is 0 Å². The molecule has 0 saturated carbocycles. The third-order valence-corrected chi connectivity index (χ3v) is 8.29. The molecule has 0 bridgehead atoms. The van der Waals surface area contributed by atoms with Gasteiger partial charge in [0.05, 0.1) is 36.7 Å². The van der Waals surface area contributed by atoms with Crippen LogP contribution >= 0.6 is 15.9 Å².